The van der Waals surface area contributed by atoms with Crippen molar-refractivity contribution in [3.8, 4) is 0 Å². The normalized spacial score (nSPS) is 16.1. The Morgan fingerprint density at radius 3 is 2.72 bits per heavy atom. The summed E-state index contributed by atoms with van der Waals surface area (Å²) in [6, 6.07) is 1.65. The first-order valence-electron chi connectivity index (χ1n) is 7.74. The maximum absolute atomic E-state index is 12.8. The average Bonchev–Trinajstić information content (AvgIpc) is 3.05. The van der Waals surface area contributed by atoms with E-state index in [0.717, 1.165) is 25.9 Å². The van der Waals surface area contributed by atoms with Crippen LogP contribution in [0.1, 0.15) is 30.1 Å². The summed E-state index contributed by atoms with van der Waals surface area (Å²) < 4.78 is 0. The van der Waals surface area contributed by atoms with Gasteiger partial charge in [-0.1, -0.05) is 6.92 Å². The Morgan fingerprint density at radius 1 is 1.32 bits per heavy atom. The van der Waals surface area contributed by atoms with E-state index in [1.54, 1.807) is 0 Å². The van der Waals surface area contributed by atoms with Crippen LogP contribution in [0.2, 0.25) is 0 Å². The maximum atomic E-state index is 12.8. The Morgan fingerprint density at radius 2 is 2.08 bits per heavy atom. The first kappa shape index (κ1) is 21.1. The van der Waals surface area contributed by atoms with E-state index in [4.69, 9.17) is 0 Å². The number of hydrogen-bond donors (Lipinski definition) is 3. The van der Waals surface area contributed by atoms with E-state index in [1.165, 1.54) is 12.3 Å². The second-order valence-corrected chi connectivity index (χ2v) is 5.67. The largest absolute Gasteiger partial charge is 0.334 e. The van der Waals surface area contributed by atoms with Gasteiger partial charge in [-0.3, -0.25) is 19.6 Å². The molecule has 1 aliphatic rings. The minimum absolute atomic E-state index is 0. The van der Waals surface area contributed by atoms with Crippen LogP contribution in [-0.4, -0.2) is 51.4 Å². The third-order valence-corrected chi connectivity index (χ3v) is 4.04. The van der Waals surface area contributed by atoms with E-state index in [2.05, 4.69) is 20.3 Å². The maximum Gasteiger partial charge on any atom is 0.327 e. The molecule has 138 valence electrons. The van der Waals surface area contributed by atoms with Crippen LogP contribution in [0.5, 0.6) is 0 Å². The van der Waals surface area contributed by atoms with Crippen LogP contribution < -0.4 is 16.6 Å². The predicted molar refractivity (Wildman–Crippen MR) is 100 cm³/mol. The zero-order valence-electron chi connectivity index (χ0n) is 13.7. The van der Waals surface area contributed by atoms with Crippen molar-refractivity contribution < 1.29 is 4.79 Å². The van der Waals surface area contributed by atoms with Crippen LogP contribution in [0.25, 0.3) is 11.0 Å². The van der Waals surface area contributed by atoms with E-state index >= 15 is 0 Å². The Kier molecular flexibility index (Phi) is 7.60. The molecule has 0 saturated carbocycles. The van der Waals surface area contributed by atoms with Crippen LogP contribution in [0.3, 0.4) is 0 Å². The molecule has 0 aromatic carbocycles. The summed E-state index contributed by atoms with van der Waals surface area (Å²) in [6.07, 6.45) is 3.18. The van der Waals surface area contributed by atoms with Gasteiger partial charge in [-0.05, 0) is 25.5 Å². The zero-order valence-corrected chi connectivity index (χ0v) is 15.3. The number of H-pyrrole nitrogens is 2. The summed E-state index contributed by atoms with van der Waals surface area (Å²) in [5, 5.41) is 3.46. The van der Waals surface area contributed by atoms with Crippen molar-refractivity contribution in [3.63, 3.8) is 0 Å². The Labute approximate surface area is 156 Å². The molecule has 1 amide bonds. The minimum atomic E-state index is -0.612. The van der Waals surface area contributed by atoms with Gasteiger partial charge in [-0.15, -0.1) is 24.8 Å². The van der Waals surface area contributed by atoms with Gasteiger partial charge >= 0.3 is 5.69 Å². The smallest absolute Gasteiger partial charge is 0.327 e. The van der Waals surface area contributed by atoms with Gasteiger partial charge in [0.05, 0.1) is 10.9 Å². The molecule has 1 fully saturated rings. The Hall–Kier alpha value is -1.90. The quantitative estimate of drug-likeness (QED) is 0.711. The fourth-order valence-corrected chi connectivity index (χ4v) is 2.93. The number of carbonyl (C=O) groups excluding carboxylic acids is 1. The first-order chi connectivity index (χ1) is 11.1. The van der Waals surface area contributed by atoms with Crippen molar-refractivity contribution >= 4 is 41.8 Å². The number of aromatic nitrogens is 3. The summed E-state index contributed by atoms with van der Waals surface area (Å²) >= 11 is 0. The summed E-state index contributed by atoms with van der Waals surface area (Å²) in [5.74, 6) is -0.138. The van der Waals surface area contributed by atoms with E-state index in [1.807, 2.05) is 11.8 Å². The SMILES string of the molecule is CCCN(C(=O)c1cnc2[nH]c(=O)[nH]c(=O)c2c1)C1CCNC1.Cl.Cl. The molecule has 3 rings (SSSR count). The molecule has 1 atom stereocenters. The number of nitrogens with one attached hydrogen (secondary N) is 3. The molecular weight excluding hydrogens is 369 g/mol. The number of carbonyl (C=O) groups is 1. The second-order valence-electron chi connectivity index (χ2n) is 5.67. The van der Waals surface area contributed by atoms with E-state index < -0.39 is 11.2 Å². The molecule has 1 saturated heterocycles. The number of aromatic amines is 2. The molecule has 0 bridgehead atoms. The van der Waals surface area contributed by atoms with Gasteiger partial charge in [-0.25, -0.2) is 9.78 Å². The van der Waals surface area contributed by atoms with Crippen molar-refractivity contribution in [1.29, 1.82) is 0 Å². The molecule has 8 nitrogen and oxygen atoms in total. The number of rotatable bonds is 4. The lowest BCUT2D eigenvalue weighted by Crippen LogP contribution is -2.42. The number of nitrogens with zero attached hydrogens (tertiary/aromatic N) is 2. The van der Waals surface area contributed by atoms with Gasteiger partial charge in [0, 0.05) is 25.3 Å². The molecule has 2 aromatic heterocycles. The second kappa shape index (κ2) is 8.98. The number of halogens is 2. The highest BCUT2D eigenvalue weighted by Crippen LogP contribution is 2.15. The lowest BCUT2D eigenvalue weighted by Gasteiger charge is -2.28. The van der Waals surface area contributed by atoms with Gasteiger partial charge in [0.15, 0.2) is 0 Å². The molecule has 25 heavy (non-hydrogen) atoms. The highest BCUT2D eigenvalue weighted by molar-refractivity contribution is 5.96. The van der Waals surface area contributed by atoms with Gasteiger partial charge in [-0.2, -0.15) is 0 Å². The van der Waals surface area contributed by atoms with E-state index in [-0.39, 0.29) is 47.8 Å². The monoisotopic (exact) mass is 389 g/mol. The molecule has 1 unspecified atom stereocenters. The van der Waals surface area contributed by atoms with E-state index in [0.29, 0.717) is 12.1 Å². The lowest BCUT2D eigenvalue weighted by atomic mass is 10.1. The van der Waals surface area contributed by atoms with Crippen LogP contribution >= 0.6 is 24.8 Å². The summed E-state index contributed by atoms with van der Waals surface area (Å²) in [6.45, 7) is 4.36. The van der Waals surface area contributed by atoms with Gasteiger partial charge in [0.1, 0.15) is 5.65 Å². The molecule has 0 aliphatic carbocycles. The summed E-state index contributed by atoms with van der Waals surface area (Å²) in [5.41, 5.74) is -0.621. The van der Waals surface area contributed by atoms with Crippen LogP contribution in [0.4, 0.5) is 0 Å². The molecule has 3 heterocycles. The highest BCUT2D eigenvalue weighted by Gasteiger charge is 2.27. The molecule has 0 radical (unpaired) electrons. The highest BCUT2D eigenvalue weighted by atomic mass is 35.5. The molecule has 10 heteroatoms. The summed E-state index contributed by atoms with van der Waals surface area (Å²) in [4.78, 5) is 46.4. The fraction of sp³-hybridized carbons (Fsp3) is 0.467. The van der Waals surface area contributed by atoms with Crippen molar-refractivity contribution in [1.82, 2.24) is 25.2 Å². The zero-order chi connectivity index (χ0) is 16.4. The Balaban J connectivity index is 0.00000156. The fourth-order valence-electron chi connectivity index (χ4n) is 2.93. The van der Waals surface area contributed by atoms with Crippen molar-refractivity contribution in [2.24, 2.45) is 0 Å². The van der Waals surface area contributed by atoms with Crippen molar-refractivity contribution in [2.45, 2.75) is 25.8 Å². The van der Waals surface area contributed by atoms with Crippen molar-refractivity contribution in [2.75, 3.05) is 19.6 Å². The van der Waals surface area contributed by atoms with Crippen molar-refractivity contribution in [3.05, 3.63) is 38.7 Å². The molecule has 0 spiro atoms. The predicted octanol–water partition coefficient (Wildman–Crippen LogP) is 0.669. The Bertz CT molecular complexity index is 845. The number of fused-ring (bicyclic) bond motifs is 1. The number of pyridine rings is 1. The molecule has 1 aliphatic heterocycles. The molecule has 2 aromatic rings. The standard InChI is InChI=1S/C15H19N5O3.2ClH/c1-2-5-20(10-3-4-16-8-10)14(22)9-6-11-12(17-7-9)18-15(23)19-13(11)21;;/h6-7,10,16H,2-5,8H2,1H3,(H2,17,18,19,21,23);2*1H. The van der Waals surface area contributed by atoms with Gasteiger partial charge in [0.25, 0.3) is 11.5 Å². The van der Waals surface area contributed by atoms with Gasteiger partial charge in [0.2, 0.25) is 0 Å². The number of amides is 1. The molecular formula is C15H21Cl2N5O3. The average molecular weight is 390 g/mol. The topological polar surface area (TPSA) is 111 Å². The van der Waals surface area contributed by atoms with Gasteiger partial charge < -0.3 is 10.2 Å². The van der Waals surface area contributed by atoms with Crippen LogP contribution in [0.15, 0.2) is 21.9 Å². The minimum Gasteiger partial charge on any atom is -0.334 e. The van der Waals surface area contributed by atoms with E-state index in [9.17, 15) is 14.4 Å². The lowest BCUT2D eigenvalue weighted by molar-refractivity contribution is 0.0692. The van der Waals surface area contributed by atoms with Crippen LogP contribution in [0, 0.1) is 0 Å². The number of hydrogen-bond acceptors (Lipinski definition) is 5. The first-order valence-corrected chi connectivity index (χ1v) is 7.74. The third-order valence-electron chi connectivity index (χ3n) is 4.04. The third kappa shape index (κ3) is 4.39. The van der Waals surface area contributed by atoms with Crippen LogP contribution in [-0.2, 0) is 0 Å². The molecule has 3 N–H and O–H groups in total. The summed E-state index contributed by atoms with van der Waals surface area (Å²) in [7, 11) is 0.